The van der Waals surface area contributed by atoms with E-state index in [9.17, 15) is 8.42 Å². The molecule has 0 amide bonds. The third kappa shape index (κ3) is 2.81. The highest BCUT2D eigenvalue weighted by Gasteiger charge is 2.23. The number of pyridine rings is 1. The highest BCUT2D eigenvalue weighted by molar-refractivity contribution is 7.91. The molecular weight excluding hydrogens is 312 g/mol. The van der Waals surface area contributed by atoms with E-state index in [0.29, 0.717) is 16.8 Å². The Bertz CT molecular complexity index is 971. The molecule has 0 fully saturated rings. The second kappa shape index (κ2) is 5.82. The van der Waals surface area contributed by atoms with Crippen LogP contribution in [0, 0.1) is 11.3 Å². The predicted octanol–water partition coefficient (Wildman–Crippen LogP) is 2.93. The van der Waals surface area contributed by atoms with Gasteiger partial charge in [0, 0.05) is 24.0 Å². The average molecular weight is 326 g/mol. The van der Waals surface area contributed by atoms with Crippen molar-refractivity contribution >= 4 is 32.9 Å². The fourth-order valence-electron chi connectivity index (χ4n) is 2.45. The Labute approximate surface area is 134 Å². The third-order valence-electron chi connectivity index (χ3n) is 3.53. The zero-order chi connectivity index (χ0) is 16.4. The standard InChI is InChI=1S/C16H14N4O2S/c1-2-3-12-10-19-23(21,22)20(11-12)14-4-5-15-13(8-14)6-7-18-16(15)9-17/h4-8,10-11H,2-3H2,1H3. The van der Waals surface area contributed by atoms with Crippen LogP contribution in [0.2, 0.25) is 0 Å². The van der Waals surface area contributed by atoms with Crippen molar-refractivity contribution in [3.05, 3.63) is 47.9 Å². The summed E-state index contributed by atoms with van der Waals surface area (Å²) in [6, 6.07) is 8.86. The summed E-state index contributed by atoms with van der Waals surface area (Å²) in [6.07, 6.45) is 6.19. The summed E-state index contributed by atoms with van der Waals surface area (Å²) in [5, 5.41) is 10.5. The van der Waals surface area contributed by atoms with E-state index in [-0.39, 0.29) is 0 Å². The Morgan fingerprint density at radius 2 is 2.13 bits per heavy atom. The number of nitriles is 1. The summed E-state index contributed by atoms with van der Waals surface area (Å²) < 4.78 is 29.3. The molecule has 0 unspecified atom stereocenters. The number of fused-ring (bicyclic) bond motifs is 1. The van der Waals surface area contributed by atoms with E-state index in [0.717, 1.165) is 23.8 Å². The summed E-state index contributed by atoms with van der Waals surface area (Å²) in [6.45, 7) is 2.02. The fraction of sp³-hybridized carbons (Fsp3) is 0.188. The highest BCUT2D eigenvalue weighted by Crippen LogP contribution is 2.28. The number of rotatable bonds is 3. The van der Waals surface area contributed by atoms with Gasteiger partial charge in [-0.2, -0.15) is 18.1 Å². The van der Waals surface area contributed by atoms with E-state index in [2.05, 4.69) is 9.38 Å². The van der Waals surface area contributed by atoms with Crippen LogP contribution in [0.3, 0.4) is 0 Å². The van der Waals surface area contributed by atoms with Crippen LogP contribution in [0.4, 0.5) is 5.69 Å². The first kappa shape index (κ1) is 15.2. The zero-order valence-electron chi connectivity index (χ0n) is 12.5. The maximum Gasteiger partial charge on any atom is 0.348 e. The second-order valence-electron chi connectivity index (χ2n) is 5.14. The molecule has 0 saturated carbocycles. The number of hydrogen-bond donors (Lipinski definition) is 0. The molecule has 1 aromatic carbocycles. The van der Waals surface area contributed by atoms with Crippen molar-refractivity contribution in [2.75, 3.05) is 4.31 Å². The molecule has 3 rings (SSSR count). The molecule has 23 heavy (non-hydrogen) atoms. The van der Waals surface area contributed by atoms with Crippen LogP contribution >= 0.6 is 0 Å². The first-order chi connectivity index (χ1) is 11.0. The predicted molar refractivity (Wildman–Crippen MR) is 89.3 cm³/mol. The topological polar surface area (TPSA) is 86.4 Å². The number of benzene rings is 1. The van der Waals surface area contributed by atoms with E-state index >= 15 is 0 Å². The zero-order valence-corrected chi connectivity index (χ0v) is 13.3. The van der Waals surface area contributed by atoms with Gasteiger partial charge in [0.25, 0.3) is 0 Å². The molecule has 0 spiro atoms. The van der Waals surface area contributed by atoms with Crippen LogP contribution in [0.1, 0.15) is 25.5 Å². The van der Waals surface area contributed by atoms with Crippen molar-refractivity contribution in [3.8, 4) is 6.07 Å². The van der Waals surface area contributed by atoms with Gasteiger partial charge in [-0.3, -0.25) is 0 Å². The van der Waals surface area contributed by atoms with Gasteiger partial charge in [-0.15, -0.1) is 0 Å². The lowest BCUT2D eigenvalue weighted by molar-refractivity contribution is 0.597. The molecule has 0 radical (unpaired) electrons. The van der Waals surface area contributed by atoms with Gasteiger partial charge in [0.1, 0.15) is 11.8 Å². The molecule has 0 aliphatic carbocycles. The molecule has 1 aromatic heterocycles. The van der Waals surface area contributed by atoms with Gasteiger partial charge < -0.3 is 0 Å². The molecule has 0 atom stereocenters. The number of nitrogens with zero attached hydrogens (tertiary/aromatic N) is 4. The van der Waals surface area contributed by atoms with E-state index in [1.54, 1.807) is 30.5 Å². The summed E-state index contributed by atoms with van der Waals surface area (Å²) in [5.41, 5.74) is 1.66. The van der Waals surface area contributed by atoms with Crippen LogP contribution in [0.25, 0.3) is 10.8 Å². The number of anilines is 1. The second-order valence-corrected chi connectivity index (χ2v) is 6.64. The Morgan fingerprint density at radius 1 is 1.30 bits per heavy atom. The summed E-state index contributed by atoms with van der Waals surface area (Å²) >= 11 is 0. The van der Waals surface area contributed by atoms with E-state index in [1.165, 1.54) is 16.7 Å². The molecule has 1 aliphatic heterocycles. The first-order valence-electron chi connectivity index (χ1n) is 7.14. The van der Waals surface area contributed by atoms with Gasteiger partial charge in [-0.25, -0.2) is 9.29 Å². The largest absolute Gasteiger partial charge is 0.348 e. The smallest absolute Gasteiger partial charge is 0.245 e. The Balaban J connectivity index is 2.12. The van der Waals surface area contributed by atoms with Gasteiger partial charge in [0.2, 0.25) is 0 Å². The molecule has 116 valence electrons. The Kier molecular flexibility index (Phi) is 3.84. The molecular formula is C16H14N4O2S. The van der Waals surface area contributed by atoms with E-state index in [4.69, 9.17) is 5.26 Å². The summed E-state index contributed by atoms with van der Waals surface area (Å²) in [7, 11) is -3.77. The Morgan fingerprint density at radius 3 is 2.87 bits per heavy atom. The van der Waals surface area contributed by atoms with Crippen molar-refractivity contribution < 1.29 is 8.42 Å². The molecule has 2 heterocycles. The van der Waals surface area contributed by atoms with Gasteiger partial charge in [-0.05, 0) is 41.6 Å². The minimum Gasteiger partial charge on any atom is -0.245 e. The molecule has 0 bridgehead atoms. The van der Waals surface area contributed by atoms with Gasteiger partial charge in [0.05, 0.1) is 5.69 Å². The molecule has 7 heteroatoms. The third-order valence-corrected chi connectivity index (χ3v) is 4.72. The van der Waals surface area contributed by atoms with Crippen LogP contribution < -0.4 is 4.31 Å². The maximum atomic E-state index is 12.2. The van der Waals surface area contributed by atoms with Crippen molar-refractivity contribution in [3.63, 3.8) is 0 Å². The molecule has 0 saturated heterocycles. The van der Waals surface area contributed by atoms with Crippen molar-refractivity contribution in [2.24, 2.45) is 4.40 Å². The lowest BCUT2D eigenvalue weighted by Crippen LogP contribution is -2.27. The average Bonchev–Trinajstić information content (AvgIpc) is 2.55. The normalized spacial score (nSPS) is 16.2. The summed E-state index contributed by atoms with van der Waals surface area (Å²) in [4.78, 5) is 4.00. The van der Waals surface area contributed by atoms with Crippen molar-refractivity contribution in [1.82, 2.24) is 4.98 Å². The van der Waals surface area contributed by atoms with Crippen LogP contribution in [0.5, 0.6) is 0 Å². The number of aromatic nitrogens is 1. The lowest BCUT2D eigenvalue weighted by atomic mass is 10.1. The van der Waals surface area contributed by atoms with Gasteiger partial charge >= 0.3 is 10.2 Å². The van der Waals surface area contributed by atoms with Crippen molar-refractivity contribution in [1.29, 1.82) is 5.26 Å². The molecule has 1 aliphatic rings. The molecule has 6 nitrogen and oxygen atoms in total. The minimum atomic E-state index is -3.77. The number of hydrogen-bond acceptors (Lipinski definition) is 4. The molecule has 0 N–H and O–H groups in total. The Hall–Kier alpha value is -2.72. The fourth-order valence-corrected chi connectivity index (χ4v) is 3.47. The van der Waals surface area contributed by atoms with Crippen molar-refractivity contribution in [2.45, 2.75) is 19.8 Å². The van der Waals surface area contributed by atoms with Crippen LogP contribution in [-0.4, -0.2) is 19.6 Å². The highest BCUT2D eigenvalue weighted by atomic mass is 32.2. The first-order valence-corrected chi connectivity index (χ1v) is 8.54. The monoisotopic (exact) mass is 326 g/mol. The summed E-state index contributed by atoms with van der Waals surface area (Å²) in [5.74, 6) is 0. The number of allylic oxidation sites excluding steroid dienone is 1. The van der Waals surface area contributed by atoms with Crippen LogP contribution in [0.15, 0.2) is 46.6 Å². The molecule has 2 aromatic rings. The van der Waals surface area contributed by atoms with E-state index < -0.39 is 10.2 Å². The lowest BCUT2D eigenvalue weighted by Gasteiger charge is -2.22. The minimum absolute atomic E-state index is 0.316. The SMILES string of the molecule is CCCC1=CN(c2ccc3c(C#N)nccc3c2)S(=O)(=O)N=C1. The van der Waals surface area contributed by atoms with Gasteiger partial charge in [-0.1, -0.05) is 13.3 Å². The van der Waals surface area contributed by atoms with E-state index in [1.807, 2.05) is 13.0 Å². The van der Waals surface area contributed by atoms with Crippen LogP contribution in [-0.2, 0) is 10.2 Å². The maximum absolute atomic E-state index is 12.2. The van der Waals surface area contributed by atoms with Gasteiger partial charge in [0.15, 0.2) is 0 Å². The quantitative estimate of drug-likeness (QED) is 0.867.